The maximum absolute atomic E-state index is 4.54. The number of fused-ring (bicyclic) bond motifs is 1. The quantitative estimate of drug-likeness (QED) is 0.750. The molecule has 0 aromatic heterocycles. The van der Waals surface area contributed by atoms with E-state index in [0.29, 0.717) is 0 Å². The Morgan fingerprint density at radius 1 is 1.00 bits per heavy atom. The summed E-state index contributed by atoms with van der Waals surface area (Å²) in [6.45, 7) is 14.4. The fourth-order valence-corrected chi connectivity index (χ4v) is 14.8. The maximum Gasteiger partial charge on any atom is 0.184 e. The van der Waals surface area contributed by atoms with Crippen LogP contribution in [-0.4, -0.2) is 36.0 Å². The number of aryl methyl sites for hydroxylation is 1. The number of hydrogen-bond donors (Lipinski definition) is 0. The second-order valence-corrected chi connectivity index (χ2v) is 17.3. The van der Waals surface area contributed by atoms with E-state index in [1.165, 1.54) is 24.0 Å². The molecule has 0 aromatic rings. The highest BCUT2D eigenvalue weighted by Crippen LogP contribution is 2.38. The molecule has 0 unspecified atom stereocenters. The van der Waals surface area contributed by atoms with Crippen LogP contribution in [-0.2, 0) is 7.05 Å². The van der Waals surface area contributed by atoms with Crippen LogP contribution in [0.25, 0.3) is 11.5 Å². The number of hydrogen-bond acceptors (Lipinski definition) is 4. The molecule has 0 N–H and O–H groups in total. The Balaban J connectivity index is 2.74. The monoisotopic (exact) mass is 335 g/mol. The van der Waals surface area contributed by atoms with Gasteiger partial charge in [-0.1, -0.05) is 40.4 Å². The Labute approximate surface area is 136 Å². The number of aromatic nitrogens is 4. The molecule has 0 bridgehead atoms. The van der Waals surface area contributed by atoms with Crippen LogP contribution in [0.5, 0.6) is 0 Å². The molecule has 2 aliphatic rings. The summed E-state index contributed by atoms with van der Waals surface area (Å²) in [5, 5.41) is 0. The Morgan fingerprint density at radius 2 is 1.59 bits per heavy atom. The summed E-state index contributed by atoms with van der Waals surface area (Å²) in [4.78, 5) is 13.3. The fraction of sp³-hybridized carbons (Fsp3) is 0.667. The van der Waals surface area contributed by atoms with Gasteiger partial charge in [-0.2, -0.15) is 0 Å². The highest BCUT2D eigenvalue weighted by molar-refractivity contribution is 7.00. The van der Waals surface area contributed by atoms with Crippen molar-refractivity contribution in [2.24, 2.45) is 7.05 Å². The van der Waals surface area contributed by atoms with E-state index in [1.54, 1.807) is 6.33 Å². The number of nitrogens with zero attached hydrogens (tertiary/aromatic N) is 5. The van der Waals surface area contributed by atoms with Gasteiger partial charge < -0.3 is 8.80 Å². The van der Waals surface area contributed by atoms with E-state index in [2.05, 4.69) is 71.2 Å². The molecule has 0 fully saturated rings. The molecule has 0 radical (unpaired) electrons. The van der Waals surface area contributed by atoms with E-state index in [0.717, 1.165) is 11.5 Å². The molecular weight excluding hydrogens is 306 g/mol. The minimum absolute atomic E-state index is 0.766. The van der Waals surface area contributed by atoms with Crippen molar-refractivity contribution in [3.05, 3.63) is 12.7 Å². The van der Waals surface area contributed by atoms with Crippen molar-refractivity contribution in [1.82, 2.24) is 19.5 Å². The van der Waals surface area contributed by atoms with Gasteiger partial charge in [0.25, 0.3) is 0 Å². The van der Waals surface area contributed by atoms with Gasteiger partial charge in [-0.05, 0) is 18.1 Å². The summed E-state index contributed by atoms with van der Waals surface area (Å²) in [6.07, 6.45) is 3.52. The molecule has 0 saturated heterocycles. The fourth-order valence-electron chi connectivity index (χ4n) is 3.62. The van der Waals surface area contributed by atoms with Crippen molar-refractivity contribution in [2.45, 2.75) is 58.5 Å². The van der Waals surface area contributed by atoms with Crippen LogP contribution in [0.3, 0.4) is 0 Å². The van der Waals surface area contributed by atoms with E-state index in [9.17, 15) is 0 Å². The molecular formula is C15H29N5Si2. The van der Waals surface area contributed by atoms with Crippen molar-refractivity contribution in [3.8, 4) is 11.5 Å². The van der Waals surface area contributed by atoms with Crippen molar-refractivity contribution in [2.75, 3.05) is 4.23 Å². The van der Waals surface area contributed by atoms with Crippen LogP contribution in [0.1, 0.15) is 20.8 Å². The molecule has 22 heavy (non-hydrogen) atoms. The van der Waals surface area contributed by atoms with E-state index in [4.69, 9.17) is 0 Å². The van der Waals surface area contributed by atoms with Crippen molar-refractivity contribution in [3.63, 3.8) is 0 Å². The molecule has 2 rings (SSSR count). The Bertz CT molecular complexity index is 592. The lowest BCUT2D eigenvalue weighted by molar-refractivity contribution is 0.852. The lowest BCUT2D eigenvalue weighted by Crippen LogP contribution is -2.64. The molecule has 0 spiro atoms. The molecule has 0 aliphatic carbocycles. The van der Waals surface area contributed by atoms with Crippen LogP contribution in [0.4, 0.5) is 5.82 Å². The molecule has 0 amide bonds. The van der Waals surface area contributed by atoms with E-state index >= 15 is 0 Å². The minimum Gasteiger partial charge on any atom is -0.409 e. The summed E-state index contributed by atoms with van der Waals surface area (Å²) in [5.41, 5.74) is 0.958. The predicted molar refractivity (Wildman–Crippen MR) is 98.4 cm³/mol. The Hall–Kier alpha value is -1.22. The topological polar surface area (TPSA) is 46.8 Å². The Kier molecular flexibility index (Phi) is 4.77. The van der Waals surface area contributed by atoms with Crippen LogP contribution in [0, 0.1) is 0 Å². The summed E-state index contributed by atoms with van der Waals surface area (Å²) in [5.74, 6) is 2.00. The first-order chi connectivity index (χ1) is 10.3. The van der Waals surface area contributed by atoms with Gasteiger partial charge in [-0.3, -0.25) is 0 Å². The Morgan fingerprint density at radius 3 is 2.09 bits per heavy atom. The SMILES string of the molecule is CC[Si](CC)(CC)N(c1c2ncnc-2ncn1C)[Si](C)(C)C. The molecule has 5 nitrogen and oxygen atoms in total. The molecule has 0 atom stereocenters. The first-order valence-corrected chi connectivity index (χ1v) is 14.2. The third kappa shape index (κ3) is 2.71. The zero-order chi connectivity index (χ0) is 16.5. The summed E-state index contributed by atoms with van der Waals surface area (Å²) in [6, 6.07) is 3.80. The predicted octanol–water partition coefficient (Wildman–Crippen LogP) is 3.96. The van der Waals surface area contributed by atoms with Crippen molar-refractivity contribution >= 4 is 22.3 Å². The third-order valence-electron chi connectivity index (χ3n) is 4.81. The molecule has 0 aromatic carbocycles. The molecule has 2 aliphatic heterocycles. The number of rotatable bonds is 6. The van der Waals surface area contributed by atoms with Gasteiger partial charge >= 0.3 is 0 Å². The van der Waals surface area contributed by atoms with Gasteiger partial charge in [0.1, 0.15) is 34.3 Å². The first kappa shape index (κ1) is 17.1. The van der Waals surface area contributed by atoms with Gasteiger partial charge in [0.2, 0.25) is 0 Å². The summed E-state index contributed by atoms with van der Waals surface area (Å²) < 4.78 is 4.97. The van der Waals surface area contributed by atoms with E-state index in [-0.39, 0.29) is 0 Å². The van der Waals surface area contributed by atoms with Crippen LogP contribution in [0.15, 0.2) is 12.7 Å². The van der Waals surface area contributed by atoms with Crippen LogP contribution in [0.2, 0.25) is 37.8 Å². The maximum atomic E-state index is 4.54. The van der Waals surface area contributed by atoms with Gasteiger partial charge in [0, 0.05) is 7.05 Å². The lowest BCUT2D eigenvalue weighted by atomic mass is 10.4. The van der Waals surface area contributed by atoms with E-state index in [1.807, 2.05) is 6.33 Å². The smallest absolute Gasteiger partial charge is 0.184 e. The van der Waals surface area contributed by atoms with Crippen LogP contribution >= 0.6 is 0 Å². The second-order valence-electron chi connectivity index (χ2n) is 7.02. The zero-order valence-electron chi connectivity index (χ0n) is 15.0. The zero-order valence-corrected chi connectivity index (χ0v) is 17.0. The van der Waals surface area contributed by atoms with Crippen LogP contribution < -0.4 is 4.23 Å². The van der Waals surface area contributed by atoms with Gasteiger partial charge in [-0.15, -0.1) is 0 Å². The average Bonchev–Trinajstić information content (AvgIpc) is 2.94. The number of imidazole rings is 1. The van der Waals surface area contributed by atoms with Gasteiger partial charge in [-0.25, -0.2) is 15.0 Å². The highest BCUT2D eigenvalue weighted by atomic mass is 28.4. The molecule has 122 valence electrons. The lowest BCUT2D eigenvalue weighted by Gasteiger charge is -2.50. The average molecular weight is 336 g/mol. The van der Waals surface area contributed by atoms with E-state index < -0.39 is 16.5 Å². The summed E-state index contributed by atoms with van der Waals surface area (Å²) >= 11 is 0. The standard InChI is InChI=1S/C15H29N5Si2/c1-8-22(9-2,10-3)20(21(5,6)7)15-13-14(17-11-16-13)18-12-19(15)4/h11-12H,8-10H2,1-7H3. The van der Waals surface area contributed by atoms with Gasteiger partial charge in [0.05, 0.1) is 6.33 Å². The molecule has 7 heteroatoms. The van der Waals surface area contributed by atoms with Crippen molar-refractivity contribution in [1.29, 1.82) is 0 Å². The van der Waals surface area contributed by atoms with Crippen molar-refractivity contribution < 1.29 is 0 Å². The molecule has 0 saturated carbocycles. The normalized spacial score (nSPS) is 12.9. The second kappa shape index (κ2) is 6.12. The largest absolute Gasteiger partial charge is 0.409 e. The molecule has 2 heterocycles. The number of anilines is 1. The first-order valence-electron chi connectivity index (χ1n) is 8.23. The minimum atomic E-state index is -1.57. The highest BCUT2D eigenvalue weighted by Gasteiger charge is 2.44. The van der Waals surface area contributed by atoms with Gasteiger partial charge in [0.15, 0.2) is 5.82 Å². The summed E-state index contributed by atoms with van der Waals surface area (Å²) in [7, 11) is -1.05. The third-order valence-corrected chi connectivity index (χ3v) is 14.9.